The van der Waals surface area contributed by atoms with E-state index in [1.165, 1.54) is 341 Å². The summed E-state index contributed by atoms with van der Waals surface area (Å²) in [4.78, 5) is 0. The van der Waals surface area contributed by atoms with Gasteiger partial charge in [-0.3, -0.25) is 4.18 Å². The average Bonchev–Trinajstić information content (AvgIpc) is 3.45. The van der Waals surface area contributed by atoms with Crippen LogP contribution in [0, 0.1) is 5.92 Å². The maximum atomic E-state index is 12.3. The number of rotatable bonds is 60. The smallest absolute Gasteiger partial charge is 0.272 e. The van der Waals surface area contributed by atoms with E-state index >= 15 is 0 Å². The lowest BCUT2D eigenvalue weighted by atomic mass is 9.97. The van der Waals surface area contributed by atoms with Gasteiger partial charge >= 0.3 is 0 Å². The molecule has 0 bridgehead atoms. The van der Waals surface area contributed by atoms with Gasteiger partial charge in [-0.2, -0.15) is 8.42 Å². The molecule has 0 saturated carbocycles. The third-order valence-electron chi connectivity index (χ3n) is 17.8. The van der Waals surface area contributed by atoms with Gasteiger partial charge in [0.15, 0.2) is 12.4 Å². The molecule has 1 atom stereocenters. The van der Waals surface area contributed by atoms with E-state index in [0.717, 1.165) is 21.8 Å². The zero-order valence-electron chi connectivity index (χ0n) is 62.0. The monoisotopic (exact) mass is 1330 g/mol. The van der Waals surface area contributed by atoms with Crippen molar-refractivity contribution >= 4 is 10.1 Å². The number of quaternary nitrogens is 2. The molecule has 11 heteroatoms. The Morgan fingerprint density at radius 2 is 0.580 bits per heavy atom. The van der Waals surface area contributed by atoms with Crippen LogP contribution in [0.25, 0.3) is 0 Å². The van der Waals surface area contributed by atoms with Crippen LogP contribution in [-0.4, -0.2) is 90.7 Å². The number of pyridine rings is 1. The summed E-state index contributed by atoms with van der Waals surface area (Å²) in [6, 6.07) is 6.31. The molecule has 0 amide bonds. The molecular formula is C77H161Cl3N4O3S. The van der Waals surface area contributed by atoms with Gasteiger partial charge in [-0.1, -0.05) is 330 Å². The summed E-state index contributed by atoms with van der Waals surface area (Å²) in [5.74, 6) is -0.126. The topological polar surface area (TPSA) is 73.3 Å². The molecule has 1 heterocycles. The number of unbranched alkanes of at least 4 members (excludes halogenated alkanes) is 48. The standard InChI is InChI=1S/C22H47NO3S.C21H38N.C19H42N.C15H34N.3ClH/c1-5-6-7-8-9-10-11-12-13-14-15-16-17-18-19-26-27(24,25)22(3,4)21(2)20-23;1-2-3-4-5-6-7-8-9-10-11-12-13-14-16-19-22-20-17-15-18-21-22;1-5-6-7-8-9-10-11-12-13-14-15-16-17-18-19-20(2,3)4;1-5-6-7-8-9-10-11-12-13-14-15-16(2,3)4;;;/h21H,5-20,23H2,1-4H3;15,17-18,20-21H,2-14,16,19H2,1H3;5-19H2,1-4H3;5-15H2,1-4H3;3*1H/q;3*+1;;;/p-3. The molecule has 0 aliphatic carbocycles. The summed E-state index contributed by atoms with van der Waals surface area (Å²) in [5.41, 5.74) is 5.62. The van der Waals surface area contributed by atoms with Gasteiger partial charge in [0.25, 0.3) is 10.1 Å². The summed E-state index contributed by atoms with van der Waals surface area (Å²) < 4.78 is 33.5. The highest BCUT2D eigenvalue weighted by Crippen LogP contribution is 2.27. The lowest BCUT2D eigenvalue weighted by molar-refractivity contribution is -0.870. The molecule has 0 aliphatic rings. The van der Waals surface area contributed by atoms with Crippen molar-refractivity contribution in [2.24, 2.45) is 11.7 Å². The fourth-order valence-electron chi connectivity index (χ4n) is 11.1. The minimum atomic E-state index is -3.57. The van der Waals surface area contributed by atoms with Crippen LogP contribution in [0.2, 0.25) is 0 Å². The molecule has 0 saturated heterocycles. The first kappa shape index (κ1) is 98.9. The van der Waals surface area contributed by atoms with Crippen molar-refractivity contribution in [1.82, 2.24) is 0 Å². The van der Waals surface area contributed by atoms with Crippen LogP contribution in [0.5, 0.6) is 0 Å². The first-order valence-corrected chi connectivity index (χ1v) is 39.4. The minimum Gasteiger partial charge on any atom is -1.00 e. The molecule has 0 fully saturated rings. The second-order valence-corrected chi connectivity index (χ2v) is 31.3. The van der Waals surface area contributed by atoms with Crippen LogP contribution in [0.4, 0.5) is 0 Å². The van der Waals surface area contributed by atoms with Crippen LogP contribution in [0.15, 0.2) is 30.6 Å². The van der Waals surface area contributed by atoms with E-state index < -0.39 is 14.9 Å². The number of halogens is 3. The summed E-state index contributed by atoms with van der Waals surface area (Å²) in [6.07, 6.45) is 77.2. The van der Waals surface area contributed by atoms with E-state index in [1.54, 1.807) is 13.8 Å². The van der Waals surface area contributed by atoms with Gasteiger partial charge in [-0.05, 0) is 64.8 Å². The Morgan fingerprint density at radius 1 is 0.364 bits per heavy atom. The predicted molar refractivity (Wildman–Crippen MR) is 382 cm³/mol. The normalized spacial score (nSPS) is 11.9. The van der Waals surface area contributed by atoms with Crippen molar-refractivity contribution in [2.45, 2.75) is 394 Å². The van der Waals surface area contributed by atoms with Crippen LogP contribution in [-0.2, 0) is 20.8 Å². The molecule has 2 N–H and O–H groups in total. The molecule has 1 aromatic rings. The Kier molecular flexibility index (Phi) is 83.4. The predicted octanol–water partition coefficient (Wildman–Crippen LogP) is 14.4. The van der Waals surface area contributed by atoms with Crippen molar-refractivity contribution in [3.63, 3.8) is 0 Å². The Balaban J connectivity index is -0.000000256. The number of hydrogen-bond donors (Lipinski definition) is 1. The van der Waals surface area contributed by atoms with E-state index in [-0.39, 0.29) is 43.1 Å². The van der Waals surface area contributed by atoms with Gasteiger partial charge in [-0.25, -0.2) is 4.57 Å². The minimum absolute atomic E-state index is 0. The van der Waals surface area contributed by atoms with Crippen LogP contribution in [0.3, 0.4) is 0 Å². The highest BCUT2D eigenvalue weighted by Gasteiger charge is 2.39. The molecule has 7 nitrogen and oxygen atoms in total. The number of nitrogens with zero attached hydrogens (tertiary/aromatic N) is 3. The van der Waals surface area contributed by atoms with Gasteiger partial charge in [0.1, 0.15) is 6.54 Å². The summed E-state index contributed by atoms with van der Waals surface area (Å²) in [7, 11) is 10.2. The summed E-state index contributed by atoms with van der Waals surface area (Å²) >= 11 is 0. The molecule has 0 aromatic carbocycles. The van der Waals surface area contributed by atoms with Gasteiger partial charge in [0.2, 0.25) is 0 Å². The zero-order valence-corrected chi connectivity index (χ0v) is 65.0. The highest BCUT2D eigenvalue weighted by molar-refractivity contribution is 7.88. The first-order valence-electron chi connectivity index (χ1n) is 38.0. The quantitative estimate of drug-likeness (QED) is 0.0305. The van der Waals surface area contributed by atoms with Crippen molar-refractivity contribution in [3.8, 4) is 0 Å². The second kappa shape index (κ2) is 74.2. The number of aryl methyl sites for hydroxylation is 1. The van der Waals surface area contributed by atoms with Gasteiger partial charge in [-0.15, -0.1) is 0 Å². The lowest BCUT2D eigenvalue weighted by Gasteiger charge is -2.29. The maximum Gasteiger partial charge on any atom is 0.272 e. The molecule has 1 aromatic heterocycles. The molecule has 88 heavy (non-hydrogen) atoms. The fourth-order valence-corrected chi connectivity index (χ4v) is 12.3. The molecule has 1 unspecified atom stereocenters. The Hall–Kier alpha value is -0.190. The number of aromatic nitrogens is 1. The second-order valence-electron chi connectivity index (χ2n) is 29.1. The van der Waals surface area contributed by atoms with Crippen molar-refractivity contribution < 1.29 is 63.4 Å². The van der Waals surface area contributed by atoms with Gasteiger partial charge in [0.05, 0.1) is 66.7 Å². The number of nitrogens with two attached hydrogens (primary N) is 1. The maximum absolute atomic E-state index is 12.3. The molecule has 1 rings (SSSR count). The van der Waals surface area contributed by atoms with Crippen molar-refractivity contribution in [1.29, 1.82) is 0 Å². The van der Waals surface area contributed by atoms with Crippen LogP contribution >= 0.6 is 0 Å². The zero-order chi connectivity index (χ0) is 63.7. The summed E-state index contributed by atoms with van der Waals surface area (Å²) in [5, 5.41) is 0. The number of hydrogen-bond acceptors (Lipinski definition) is 4. The van der Waals surface area contributed by atoms with E-state index in [4.69, 9.17) is 9.92 Å². The van der Waals surface area contributed by atoms with Crippen LogP contribution < -0.4 is 47.5 Å². The molecule has 0 radical (unpaired) electrons. The van der Waals surface area contributed by atoms with E-state index in [9.17, 15) is 8.42 Å². The Labute approximate surface area is 574 Å². The fraction of sp³-hybridized carbons (Fsp3) is 0.935. The van der Waals surface area contributed by atoms with Gasteiger partial charge < -0.3 is 51.9 Å². The van der Waals surface area contributed by atoms with Crippen molar-refractivity contribution in [3.05, 3.63) is 30.6 Å². The van der Waals surface area contributed by atoms with Crippen molar-refractivity contribution in [2.75, 3.05) is 68.5 Å². The average molecular weight is 1330 g/mol. The first-order chi connectivity index (χ1) is 40.8. The SMILES string of the molecule is CCCCCCCCCCCCCCCCOS(=O)(=O)C(C)(C)C(C)CN.CCCCCCCCCCCCCCCC[N+](C)(C)C.CCCCCCCCCCCCCCCC[n+]1ccccc1.CCCCCCCCCCCC[N+](C)(C)C.[Cl-].[Cl-].[Cl-]. The van der Waals surface area contributed by atoms with E-state index in [0.29, 0.717) is 13.2 Å². The molecular weight excluding hydrogens is 1170 g/mol. The molecule has 0 aliphatic heterocycles. The third kappa shape index (κ3) is 78.3. The Bertz CT molecular complexity index is 1530. The largest absolute Gasteiger partial charge is 1.00 e. The van der Waals surface area contributed by atoms with Gasteiger partial charge in [0, 0.05) is 18.6 Å². The van der Waals surface area contributed by atoms with E-state index in [2.05, 4.69) is 105 Å². The molecule has 0 spiro atoms. The molecule has 534 valence electrons. The summed E-state index contributed by atoms with van der Waals surface area (Å²) in [6.45, 7) is 18.9. The highest BCUT2D eigenvalue weighted by atomic mass is 35.5. The lowest BCUT2D eigenvalue weighted by Crippen LogP contribution is -3.00. The van der Waals surface area contributed by atoms with E-state index in [1.807, 2.05) is 6.92 Å². The Morgan fingerprint density at radius 3 is 0.807 bits per heavy atom. The third-order valence-corrected chi connectivity index (χ3v) is 20.0. The van der Waals surface area contributed by atoms with Crippen LogP contribution in [0.1, 0.15) is 382 Å².